The number of hydrazone groups is 1. The molecule has 6 nitrogen and oxygen atoms in total. The van der Waals surface area contributed by atoms with Crippen molar-refractivity contribution in [2.75, 3.05) is 14.2 Å². The van der Waals surface area contributed by atoms with Crippen LogP contribution in [-0.2, 0) is 6.54 Å². The lowest BCUT2D eigenvalue weighted by atomic mass is 10.2. The molecule has 16 heavy (non-hydrogen) atoms. The van der Waals surface area contributed by atoms with E-state index in [2.05, 4.69) is 10.5 Å². The van der Waals surface area contributed by atoms with Crippen molar-refractivity contribution in [3.05, 3.63) is 23.8 Å². The molecule has 5 N–H and O–H groups in total. The zero-order chi connectivity index (χ0) is 12.0. The number of nitrogens with zero attached hydrogens (tertiary/aromatic N) is 1. The van der Waals surface area contributed by atoms with Crippen LogP contribution in [0, 0.1) is 0 Å². The number of ether oxygens (including phenoxy) is 2. The number of hydrogen-bond donors (Lipinski definition) is 3. The molecule has 0 spiro atoms. The van der Waals surface area contributed by atoms with Gasteiger partial charge in [0.2, 0.25) is 5.96 Å². The summed E-state index contributed by atoms with van der Waals surface area (Å²) in [5.74, 6) is 1.49. The molecule has 0 fully saturated rings. The first-order valence-corrected chi connectivity index (χ1v) is 4.69. The molecule has 0 saturated carbocycles. The highest BCUT2D eigenvalue weighted by molar-refractivity contribution is 5.75. The van der Waals surface area contributed by atoms with E-state index in [4.69, 9.17) is 20.9 Å². The van der Waals surface area contributed by atoms with Crippen molar-refractivity contribution in [2.24, 2.45) is 16.6 Å². The highest BCUT2D eigenvalue weighted by Gasteiger charge is 2.04. The first kappa shape index (κ1) is 12.0. The number of rotatable bonds is 5. The van der Waals surface area contributed by atoms with E-state index in [-0.39, 0.29) is 5.96 Å². The second-order valence-corrected chi connectivity index (χ2v) is 3.05. The summed E-state index contributed by atoms with van der Waals surface area (Å²) in [5.41, 5.74) is 14.0. The zero-order valence-electron chi connectivity index (χ0n) is 9.36. The van der Waals surface area contributed by atoms with E-state index in [0.29, 0.717) is 6.54 Å². The molecule has 0 atom stereocenters. The number of benzene rings is 1. The summed E-state index contributed by atoms with van der Waals surface area (Å²) in [6.45, 7) is 0.457. The third-order valence-electron chi connectivity index (χ3n) is 1.97. The molecule has 0 radical (unpaired) electrons. The quantitative estimate of drug-likeness (QED) is 0.371. The van der Waals surface area contributed by atoms with E-state index in [0.717, 1.165) is 17.1 Å². The van der Waals surface area contributed by atoms with Gasteiger partial charge in [0, 0.05) is 5.56 Å². The van der Waals surface area contributed by atoms with Gasteiger partial charge in [0.15, 0.2) is 0 Å². The molecule has 0 aliphatic rings. The standard InChI is InChI=1S/C10H16N4O2/c1-15-8-3-4-9(16-2)7(5-8)6-13-14-10(11)12/h3-5,13H,6H2,1-2H3,(H4,11,12,14). The summed E-state index contributed by atoms with van der Waals surface area (Å²) >= 11 is 0. The Bertz CT molecular complexity index is 375. The van der Waals surface area contributed by atoms with Crippen LogP contribution in [0.5, 0.6) is 11.5 Å². The second kappa shape index (κ2) is 5.69. The smallest absolute Gasteiger partial charge is 0.208 e. The van der Waals surface area contributed by atoms with Crippen LogP contribution < -0.4 is 26.4 Å². The molecule has 0 saturated heterocycles. The van der Waals surface area contributed by atoms with Crippen LogP contribution >= 0.6 is 0 Å². The van der Waals surface area contributed by atoms with Crippen molar-refractivity contribution in [3.63, 3.8) is 0 Å². The molecule has 0 amide bonds. The highest BCUT2D eigenvalue weighted by Crippen LogP contribution is 2.23. The van der Waals surface area contributed by atoms with Crippen molar-refractivity contribution >= 4 is 5.96 Å². The lowest BCUT2D eigenvalue weighted by molar-refractivity contribution is 0.397. The molecule has 1 aromatic carbocycles. The van der Waals surface area contributed by atoms with Crippen LogP contribution in [0.15, 0.2) is 23.3 Å². The molecule has 0 unspecified atom stereocenters. The third-order valence-corrected chi connectivity index (χ3v) is 1.97. The van der Waals surface area contributed by atoms with Crippen LogP contribution in [0.3, 0.4) is 0 Å². The molecule has 0 bridgehead atoms. The van der Waals surface area contributed by atoms with Crippen molar-refractivity contribution in [3.8, 4) is 11.5 Å². The van der Waals surface area contributed by atoms with Gasteiger partial charge in [-0.2, -0.15) is 0 Å². The lowest BCUT2D eigenvalue weighted by Gasteiger charge is -2.10. The molecule has 6 heteroatoms. The first-order chi connectivity index (χ1) is 7.67. The Labute approximate surface area is 94.2 Å². The summed E-state index contributed by atoms with van der Waals surface area (Å²) in [4.78, 5) is 0. The van der Waals surface area contributed by atoms with Crippen molar-refractivity contribution in [1.82, 2.24) is 5.43 Å². The summed E-state index contributed by atoms with van der Waals surface area (Å²) in [5, 5.41) is 3.68. The molecule has 0 aliphatic heterocycles. The van der Waals surface area contributed by atoms with Gasteiger partial charge >= 0.3 is 0 Å². The molecule has 88 valence electrons. The Balaban J connectivity index is 2.79. The Morgan fingerprint density at radius 3 is 2.62 bits per heavy atom. The predicted molar refractivity (Wildman–Crippen MR) is 62.2 cm³/mol. The molecule has 0 aromatic heterocycles. The molecule has 0 aliphatic carbocycles. The zero-order valence-corrected chi connectivity index (χ0v) is 9.36. The van der Waals surface area contributed by atoms with Crippen LogP contribution in [0.25, 0.3) is 0 Å². The van der Waals surface area contributed by atoms with Gasteiger partial charge in [-0.05, 0) is 18.2 Å². The Hall–Kier alpha value is -2.11. The fourth-order valence-electron chi connectivity index (χ4n) is 1.24. The Kier molecular flexibility index (Phi) is 4.26. The molecule has 1 rings (SSSR count). The fraction of sp³-hybridized carbons (Fsp3) is 0.300. The van der Waals surface area contributed by atoms with E-state index in [1.165, 1.54) is 0 Å². The van der Waals surface area contributed by atoms with E-state index in [1.807, 2.05) is 18.2 Å². The largest absolute Gasteiger partial charge is 0.497 e. The topological polar surface area (TPSA) is 94.9 Å². The van der Waals surface area contributed by atoms with Gasteiger partial charge in [0.1, 0.15) is 11.5 Å². The number of nitrogens with one attached hydrogen (secondary N) is 1. The van der Waals surface area contributed by atoms with Gasteiger partial charge in [0.05, 0.1) is 20.8 Å². The average Bonchev–Trinajstić information content (AvgIpc) is 2.28. The maximum atomic E-state index is 5.20. The van der Waals surface area contributed by atoms with E-state index >= 15 is 0 Å². The average molecular weight is 224 g/mol. The highest BCUT2D eigenvalue weighted by atomic mass is 16.5. The van der Waals surface area contributed by atoms with Crippen molar-refractivity contribution in [2.45, 2.75) is 6.54 Å². The molecule has 0 heterocycles. The first-order valence-electron chi connectivity index (χ1n) is 4.69. The van der Waals surface area contributed by atoms with Crippen LogP contribution in [0.4, 0.5) is 0 Å². The minimum Gasteiger partial charge on any atom is -0.497 e. The number of hydrogen-bond acceptors (Lipinski definition) is 4. The maximum Gasteiger partial charge on any atom is 0.208 e. The predicted octanol–water partition coefficient (Wildman–Crippen LogP) is -0.0182. The van der Waals surface area contributed by atoms with Crippen molar-refractivity contribution < 1.29 is 9.47 Å². The van der Waals surface area contributed by atoms with Gasteiger partial charge in [0.25, 0.3) is 0 Å². The fourth-order valence-corrected chi connectivity index (χ4v) is 1.24. The van der Waals surface area contributed by atoms with Gasteiger partial charge < -0.3 is 26.4 Å². The van der Waals surface area contributed by atoms with Crippen molar-refractivity contribution in [1.29, 1.82) is 0 Å². The number of methoxy groups -OCH3 is 2. The maximum absolute atomic E-state index is 5.20. The van der Waals surface area contributed by atoms with Crippen LogP contribution in [0.1, 0.15) is 5.56 Å². The SMILES string of the molecule is COc1ccc(OC)c(CNN=C(N)N)c1. The lowest BCUT2D eigenvalue weighted by Crippen LogP contribution is -2.26. The minimum absolute atomic E-state index is 0.0122. The summed E-state index contributed by atoms with van der Waals surface area (Å²) in [7, 11) is 3.21. The summed E-state index contributed by atoms with van der Waals surface area (Å²) < 4.78 is 10.3. The Morgan fingerprint density at radius 1 is 1.31 bits per heavy atom. The third kappa shape index (κ3) is 3.23. The Morgan fingerprint density at radius 2 is 2.06 bits per heavy atom. The van der Waals surface area contributed by atoms with Crippen LogP contribution in [-0.4, -0.2) is 20.2 Å². The minimum atomic E-state index is -0.0122. The van der Waals surface area contributed by atoms with Gasteiger partial charge in [-0.1, -0.05) is 0 Å². The van der Waals surface area contributed by atoms with E-state index in [9.17, 15) is 0 Å². The van der Waals surface area contributed by atoms with Gasteiger partial charge in [-0.25, -0.2) is 0 Å². The summed E-state index contributed by atoms with van der Waals surface area (Å²) in [6.07, 6.45) is 0. The van der Waals surface area contributed by atoms with E-state index in [1.54, 1.807) is 14.2 Å². The van der Waals surface area contributed by atoms with Crippen LogP contribution in [0.2, 0.25) is 0 Å². The molecular weight excluding hydrogens is 208 g/mol. The van der Waals surface area contributed by atoms with Gasteiger partial charge in [-0.15, -0.1) is 5.10 Å². The molecule has 1 aromatic rings. The number of nitrogens with two attached hydrogens (primary N) is 2. The second-order valence-electron chi connectivity index (χ2n) is 3.05. The van der Waals surface area contributed by atoms with Gasteiger partial charge in [-0.3, -0.25) is 0 Å². The molecular formula is C10H16N4O2. The monoisotopic (exact) mass is 224 g/mol. The van der Waals surface area contributed by atoms with E-state index < -0.39 is 0 Å². The summed E-state index contributed by atoms with van der Waals surface area (Å²) in [6, 6.07) is 5.50. The number of guanidine groups is 1. The normalized spacial score (nSPS) is 9.38.